The van der Waals surface area contributed by atoms with Crippen LogP contribution in [0.5, 0.6) is 5.75 Å². The second kappa shape index (κ2) is 9.08. The van der Waals surface area contributed by atoms with Gasteiger partial charge in [0.2, 0.25) is 5.91 Å². The highest BCUT2D eigenvalue weighted by Gasteiger charge is 2.11. The van der Waals surface area contributed by atoms with Gasteiger partial charge in [-0.15, -0.1) is 0 Å². The number of unbranched alkanes of at least 4 members (excludes halogenated alkanes) is 1. The molecule has 2 amide bonds. The van der Waals surface area contributed by atoms with Crippen molar-refractivity contribution < 1.29 is 14.3 Å². The van der Waals surface area contributed by atoms with Crippen LogP contribution in [0.3, 0.4) is 0 Å². The minimum Gasteiger partial charge on any atom is -0.495 e. The Morgan fingerprint density at radius 3 is 2.44 bits per heavy atom. The first-order valence-electron chi connectivity index (χ1n) is 8.08. The lowest BCUT2D eigenvalue weighted by Crippen LogP contribution is -2.14. The molecule has 0 fully saturated rings. The summed E-state index contributed by atoms with van der Waals surface area (Å²) in [5.41, 5.74) is 1.63. The van der Waals surface area contributed by atoms with E-state index in [1.807, 2.05) is 6.92 Å². The van der Waals surface area contributed by atoms with Gasteiger partial charge in [-0.25, -0.2) is 0 Å². The molecule has 0 aliphatic carbocycles. The standard InChI is InChI=1S/C19H21ClN2O3/c1-3-4-5-18(23)21-15-9-6-13(7-10-15)19(24)22-16-12-14(20)8-11-17(16)25-2/h6-12H,3-5H2,1-2H3,(H,21,23)(H,22,24). The zero-order valence-electron chi connectivity index (χ0n) is 14.3. The fourth-order valence-electron chi connectivity index (χ4n) is 2.24. The predicted molar refractivity (Wildman–Crippen MR) is 101 cm³/mol. The van der Waals surface area contributed by atoms with Crippen LogP contribution in [0.4, 0.5) is 11.4 Å². The Labute approximate surface area is 152 Å². The molecule has 5 nitrogen and oxygen atoms in total. The first-order chi connectivity index (χ1) is 12.0. The number of rotatable bonds is 7. The summed E-state index contributed by atoms with van der Waals surface area (Å²) in [5, 5.41) is 6.08. The number of nitrogens with one attached hydrogen (secondary N) is 2. The van der Waals surface area contributed by atoms with Gasteiger partial charge in [-0.05, 0) is 48.9 Å². The first kappa shape index (κ1) is 18.8. The van der Waals surface area contributed by atoms with E-state index in [4.69, 9.17) is 16.3 Å². The van der Waals surface area contributed by atoms with Crippen LogP contribution in [-0.4, -0.2) is 18.9 Å². The maximum absolute atomic E-state index is 12.4. The SMILES string of the molecule is CCCCC(=O)Nc1ccc(C(=O)Nc2cc(Cl)ccc2OC)cc1. The maximum atomic E-state index is 12.4. The van der Waals surface area contributed by atoms with Gasteiger partial charge < -0.3 is 15.4 Å². The monoisotopic (exact) mass is 360 g/mol. The van der Waals surface area contributed by atoms with Crippen molar-refractivity contribution in [1.29, 1.82) is 0 Å². The fraction of sp³-hybridized carbons (Fsp3) is 0.263. The average Bonchev–Trinajstić information content (AvgIpc) is 2.60. The molecule has 0 saturated carbocycles. The van der Waals surface area contributed by atoms with Crippen molar-refractivity contribution in [3.8, 4) is 5.75 Å². The molecule has 2 N–H and O–H groups in total. The topological polar surface area (TPSA) is 67.4 Å². The number of methoxy groups -OCH3 is 1. The molecule has 0 aliphatic heterocycles. The van der Waals surface area contributed by atoms with Crippen molar-refractivity contribution in [1.82, 2.24) is 0 Å². The third kappa shape index (κ3) is 5.50. The number of hydrogen-bond acceptors (Lipinski definition) is 3. The van der Waals surface area contributed by atoms with Gasteiger partial charge in [0.15, 0.2) is 0 Å². The van der Waals surface area contributed by atoms with E-state index in [0.29, 0.717) is 34.1 Å². The summed E-state index contributed by atoms with van der Waals surface area (Å²) in [4.78, 5) is 24.1. The van der Waals surface area contributed by atoms with E-state index in [1.165, 1.54) is 7.11 Å². The van der Waals surface area contributed by atoms with Gasteiger partial charge >= 0.3 is 0 Å². The molecule has 0 radical (unpaired) electrons. The molecule has 0 heterocycles. The number of ether oxygens (including phenoxy) is 1. The molecular weight excluding hydrogens is 340 g/mol. The summed E-state index contributed by atoms with van der Waals surface area (Å²) in [6, 6.07) is 11.7. The third-order valence-corrected chi connectivity index (χ3v) is 3.83. The normalized spacial score (nSPS) is 10.2. The molecule has 25 heavy (non-hydrogen) atoms. The number of anilines is 2. The van der Waals surface area contributed by atoms with Gasteiger partial charge in [-0.2, -0.15) is 0 Å². The molecule has 6 heteroatoms. The summed E-state index contributed by atoms with van der Waals surface area (Å²) in [6.07, 6.45) is 2.32. The molecule has 0 unspecified atom stereocenters. The quantitative estimate of drug-likeness (QED) is 0.750. The number of amides is 2. The number of carbonyl (C=O) groups is 2. The van der Waals surface area contributed by atoms with E-state index in [9.17, 15) is 9.59 Å². The summed E-state index contributed by atoms with van der Waals surface area (Å²) in [5.74, 6) is 0.213. The summed E-state index contributed by atoms with van der Waals surface area (Å²) in [6.45, 7) is 2.04. The van der Waals surface area contributed by atoms with Gasteiger partial charge in [0, 0.05) is 22.7 Å². The van der Waals surface area contributed by atoms with E-state index >= 15 is 0 Å². The van der Waals surface area contributed by atoms with Crippen molar-refractivity contribution in [2.24, 2.45) is 0 Å². The van der Waals surface area contributed by atoms with Crippen molar-refractivity contribution in [2.75, 3.05) is 17.7 Å². The highest BCUT2D eigenvalue weighted by molar-refractivity contribution is 6.31. The van der Waals surface area contributed by atoms with Crippen LogP contribution in [0.2, 0.25) is 5.02 Å². The molecule has 0 bridgehead atoms. The molecule has 2 aromatic carbocycles. The van der Waals surface area contributed by atoms with Crippen LogP contribution in [0.1, 0.15) is 36.5 Å². The van der Waals surface area contributed by atoms with Gasteiger partial charge in [0.1, 0.15) is 5.75 Å². The Kier molecular flexibility index (Phi) is 6.83. The van der Waals surface area contributed by atoms with Gasteiger partial charge in [-0.1, -0.05) is 24.9 Å². The Balaban J connectivity index is 2.03. The zero-order chi connectivity index (χ0) is 18.2. The smallest absolute Gasteiger partial charge is 0.255 e. The molecule has 132 valence electrons. The van der Waals surface area contributed by atoms with Crippen LogP contribution < -0.4 is 15.4 Å². The second-order valence-corrected chi connectivity index (χ2v) is 5.96. The molecule has 2 rings (SSSR count). The second-order valence-electron chi connectivity index (χ2n) is 5.53. The lowest BCUT2D eigenvalue weighted by atomic mass is 10.1. The molecule has 0 aliphatic rings. The Morgan fingerprint density at radius 2 is 1.80 bits per heavy atom. The number of carbonyl (C=O) groups excluding carboxylic acids is 2. The fourth-order valence-corrected chi connectivity index (χ4v) is 2.41. The summed E-state index contributed by atoms with van der Waals surface area (Å²) >= 11 is 5.96. The van der Waals surface area contributed by atoms with E-state index in [-0.39, 0.29) is 11.8 Å². The molecule has 0 atom stereocenters. The van der Waals surface area contributed by atoms with Crippen molar-refractivity contribution >= 4 is 34.8 Å². The van der Waals surface area contributed by atoms with E-state index < -0.39 is 0 Å². The van der Waals surface area contributed by atoms with Crippen molar-refractivity contribution in [2.45, 2.75) is 26.2 Å². The molecular formula is C19H21ClN2O3. The summed E-state index contributed by atoms with van der Waals surface area (Å²) < 4.78 is 5.21. The van der Waals surface area contributed by atoms with Crippen molar-refractivity contribution in [3.63, 3.8) is 0 Å². The highest BCUT2D eigenvalue weighted by Crippen LogP contribution is 2.28. The third-order valence-electron chi connectivity index (χ3n) is 3.60. The Bertz CT molecular complexity index is 745. The average molecular weight is 361 g/mol. The number of hydrogen-bond donors (Lipinski definition) is 2. The van der Waals surface area contributed by atoms with Gasteiger partial charge in [0.25, 0.3) is 5.91 Å². The van der Waals surface area contributed by atoms with Gasteiger partial charge in [-0.3, -0.25) is 9.59 Å². The molecule has 0 saturated heterocycles. The largest absolute Gasteiger partial charge is 0.495 e. The Morgan fingerprint density at radius 1 is 1.08 bits per heavy atom. The minimum atomic E-state index is -0.288. The van der Waals surface area contributed by atoms with E-state index in [0.717, 1.165) is 12.8 Å². The predicted octanol–water partition coefficient (Wildman–Crippen LogP) is 4.73. The lowest BCUT2D eigenvalue weighted by molar-refractivity contribution is -0.116. The van der Waals surface area contributed by atoms with Crippen LogP contribution in [0.15, 0.2) is 42.5 Å². The van der Waals surface area contributed by atoms with Gasteiger partial charge in [0.05, 0.1) is 12.8 Å². The van der Waals surface area contributed by atoms with Crippen LogP contribution in [0.25, 0.3) is 0 Å². The molecule has 0 spiro atoms. The van der Waals surface area contributed by atoms with Crippen molar-refractivity contribution in [3.05, 3.63) is 53.1 Å². The Hall–Kier alpha value is -2.53. The number of halogens is 1. The van der Waals surface area contributed by atoms with E-state index in [2.05, 4.69) is 10.6 Å². The van der Waals surface area contributed by atoms with Crippen LogP contribution in [0, 0.1) is 0 Å². The lowest BCUT2D eigenvalue weighted by Gasteiger charge is -2.11. The number of benzene rings is 2. The molecule has 0 aromatic heterocycles. The van der Waals surface area contributed by atoms with Crippen LogP contribution >= 0.6 is 11.6 Å². The van der Waals surface area contributed by atoms with E-state index in [1.54, 1.807) is 42.5 Å². The maximum Gasteiger partial charge on any atom is 0.255 e. The first-order valence-corrected chi connectivity index (χ1v) is 8.46. The highest BCUT2D eigenvalue weighted by atomic mass is 35.5. The molecule has 2 aromatic rings. The summed E-state index contributed by atoms with van der Waals surface area (Å²) in [7, 11) is 1.52. The zero-order valence-corrected chi connectivity index (χ0v) is 15.0. The minimum absolute atomic E-state index is 0.0253. The van der Waals surface area contributed by atoms with Crippen LogP contribution in [-0.2, 0) is 4.79 Å².